The number of aliphatic imine (C=N–C) groups is 1. The Labute approximate surface area is 75.7 Å². The Morgan fingerprint density at radius 1 is 1.38 bits per heavy atom. The number of nitrogens with one attached hydrogen (secondary N) is 1. The molecule has 74 valence electrons. The van der Waals surface area contributed by atoms with E-state index in [1.165, 1.54) is 0 Å². The fourth-order valence-corrected chi connectivity index (χ4v) is 0.625. The molecule has 0 fully saturated rings. The summed E-state index contributed by atoms with van der Waals surface area (Å²) in [6, 6.07) is -1.04. The predicted molar refractivity (Wildman–Crippen MR) is 50.4 cm³/mol. The highest BCUT2D eigenvalue weighted by Gasteiger charge is 2.15. The van der Waals surface area contributed by atoms with Crippen LogP contribution in [0.15, 0.2) is 4.99 Å². The van der Waals surface area contributed by atoms with Crippen molar-refractivity contribution < 1.29 is 4.79 Å². The molecule has 0 aromatic heterocycles. The molecule has 0 rings (SSSR count). The van der Waals surface area contributed by atoms with Crippen LogP contribution in [0.5, 0.6) is 0 Å². The molecule has 0 heterocycles. The molecule has 7 nitrogen and oxygen atoms in total. The van der Waals surface area contributed by atoms with Gasteiger partial charge in [-0.1, -0.05) is 0 Å². The summed E-state index contributed by atoms with van der Waals surface area (Å²) in [6.07, 6.45) is 0. The smallest absolute Gasteiger partial charge is 0.240 e. The molecular formula is C6H14N6O. The van der Waals surface area contributed by atoms with E-state index in [-0.39, 0.29) is 24.6 Å². The number of primary amides is 1. The van der Waals surface area contributed by atoms with Crippen LogP contribution in [0.2, 0.25) is 0 Å². The lowest BCUT2D eigenvalue weighted by Crippen LogP contribution is -2.46. The first-order valence-electron chi connectivity index (χ1n) is 3.62. The molecule has 13 heavy (non-hydrogen) atoms. The number of nitrogens with zero attached hydrogens (tertiary/aromatic N) is 1. The number of amidine groups is 1. The van der Waals surface area contributed by atoms with Gasteiger partial charge in [-0.15, -0.1) is 0 Å². The number of hydrogen-bond donors (Lipinski definition) is 5. The molecule has 0 aromatic carbocycles. The van der Waals surface area contributed by atoms with Gasteiger partial charge in [0.1, 0.15) is 11.9 Å². The van der Waals surface area contributed by atoms with E-state index in [9.17, 15) is 4.79 Å². The highest BCUT2D eigenvalue weighted by molar-refractivity contribution is 6.12. The first kappa shape index (κ1) is 11.7. The molecule has 7 heteroatoms. The van der Waals surface area contributed by atoms with E-state index in [1.54, 1.807) is 0 Å². The SMILES string of the molecule is N=C(CN)N=C(CN)C(N)C(N)=O. The van der Waals surface area contributed by atoms with E-state index in [0.717, 1.165) is 0 Å². The molecule has 0 saturated heterocycles. The van der Waals surface area contributed by atoms with Gasteiger partial charge in [-0.05, 0) is 0 Å². The van der Waals surface area contributed by atoms with Gasteiger partial charge in [-0.25, -0.2) is 4.99 Å². The first-order chi connectivity index (χ1) is 6.02. The van der Waals surface area contributed by atoms with Crippen molar-refractivity contribution in [3.05, 3.63) is 0 Å². The molecule has 0 spiro atoms. The number of carbonyl (C=O) groups is 1. The summed E-state index contributed by atoms with van der Waals surface area (Å²) in [6.45, 7) is -0.0541. The van der Waals surface area contributed by atoms with Crippen LogP contribution in [0.3, 0.4) is 0 Å². The van der Waals surface area contributed by atoms with Gasteiger partial charge in [0.2, 0.25) is 5.91 Å². The van der Waals surface area contributed by atoms with Gasteiger partial charge < -0.3 is 22.9 Å². The molecule has 1 unspecified atom stereocenters. The van der Waals surface area contributed by atoms with Crippen molar-refractivity contribution in [2.45, 2.75) is 6.04 Å². The quantitative estimate of drug-likeness (QED) is 0.236. The number of carbonyl (C=O) groups excluding carboxylic acids is 1. The minimum absolute atomic E-state index is 0.0213. The molecule has 0 radical (unpaired) electrons. The van der Waals surface area contributed by atoms with E-state index in [4.69, 9.17) is 28.3 Å². The molecule has 9 N–H and O–H groups in total. The third-order valence-electron chi connectivity index (χ3n) is 1.35. The number of hydrogen-bond acceptors (Lipinski definition) is 5. The molecular weight excluding hydrogens is 172 g/mol. The van der Waals surface area contributed by atoms with E-state index in [1.807, 2.05) is 0 Å². The van der Waals surface area contributed by atoms with E-state index < -0.39 is 11.9 Å². The Kier molecular flexibility index (Phi) is 4.82. The summed E-state index contributed by atoms with van der Waals surface area (Å²) in [5.41, 5.74) is 20.8. The zero-order valence-corrected chi connectivity index (χ0v) is 7.16. The normalized spacial score (nSPS) is 13.9. The molecule has 0 aliphatic carbocycles. The Balaban J connectivity index is 4.58. The van der Waals surface area contributed by atoms with Crippen LogP contribution in [-0.2, 0) is 4.79 Å². The van der Waals surface area contributed by atoms with Gasteiger partial charge in [0.15, 0.2) is 0 Å². The monoisotopic (exact) mass is 186 g/mol. The minimum atomic E-state index is -1.04. The molecule has 0 aliphatic heterocycles. The average Bonchev–Trinajstić information content (AvgIpc) is 2.12. The summed E-state index contributed by atoms with van der Waals surface area (Å²) in [7, 11) is 0. The zero-order valence-electron chi connectivity index (χ0n) is 7.16. The first-order valence-corrected chi connectivity index (χ1v) is 3.62. The Morgan fingerprint density at radius 3 is 2.23 bits per heavy atom. The van der Waals surface area contributed by atoms with Gasteiger partial charge in [-0.2, -0.15) is 0 Å². The van der Waals surface area contributed by atoms with Crippen molar-refractivity contribution >= 4 is 17.5 Å². The third kappa shape index (κ3) is 3.74. The van der Waals surface area contributed by atoms with Crippen molar-refractivity contribution in [1.29, 1.82) is 5.41 Å². The zero-order chi connectivity index (χ0) is 10.4. The number of nitrogens with two attached hydrogens (primary N) is 4. The summed E-state index contributed by atoms with van der Waals surface area (Å²) < 4.78 is 0. The molecule has 0 aromatic rings. The van der Waals surface area contributed by atoms with E-state index in [0.29, 0.717) is 0 Å². The largest absolute Gasteiger partial charge is 0.368 e. The standard InChI is InChI=1S/C6H14N6O/c7-1-3(5(10)6(11)13)12-4(9)2-8/h5,9H,1-2,7-8,10H2,(H2,11,13). The molecule has 1 atom stereocenters. The van der Waals surface area contributed by atoms with Crippen molar-refractivity contribution in [1.82, 2.24) is 0 Å². The second-order valence-electron chi connectivity index (χ2n) is 2.34. The Morgan fingerprint density at radius 2 is 1.92 bits per heavy atom. The van der Waals surface area contributed by atoms with Gasteiger partial charge in [0.25, 0.3) is 0 Å². The number of rotatable bonds is 4. The van der Waals surface area contributed by atoms with Gasteiger partial charge in [0, 0.05) is 6.54 Å². The van der Waals surface area contributed by atoms with Crippen LogP contribution in [0.4, 0.5) is 0 Å². The van der Waals surface area contributed by atoms with Crippen molar-refractivity contribution in [2.75, 3.05) is 13.1 Å². The van der Waals surface area contributed by atoms with Crippen molar-refractivity contribution in [2.24, 2.45) is 27.9 Å². The Hall–Kier alpha value is -1.31. The summed E-state index contributed by atoms with van der Waals surface area (Å²) in [5, 5.41) is 7.13. The van der Waals surface area contributed by atoms with E-state index >= 15 is 0 Å². The maximum atomic E-state index is 10.6. The molecule has 0 aliphatic rings. The third-order valence-corrected chi connectivity index (χ3v) is 1.35. The van der Waals surface area contributed by atoms with Crippen LogP contribution in [0.1, 0.15) is 0 Å². The van der Waals surface area contributed by atoms with Crippen LogP contribution < -0.4 is 22.9 Å². The van der Waals surface area contributed by atoms with Crippen LogP contribution in [0.25, 0.3) is 0 Å². The summed E-state index contributed by atoms with van der Waals surface area (Å²) in [4.78, 5) is 14.3. The lowest BCUT2D eigenvalue weighted by Gasteiger charge is -2.08. The van der Waals surface area contributed by atoms with E-state index in [2.05, 4.69) is 4.99 Å². The highest BCUT2D eigenvalue weighted by atomic mass is 16.1. The maximum absolute atomic E-state index is 10.6. The Bertz CT molecular complexity index is 235. The minimum Gasteiger partial charge on any atom is -0.368 e. The summed E-state index contributed by atoms with van der Waals surface area (Å²) in [5.74, 6) is -0.814. The highest BCUT2D eigenvalue weighted by Crippen LogP contribution is 1.85. The van der Waals surface area contributed by atoms with Gasteiger partial charge >= 0.3 is 0 Å². The predicted octanol–water partition coefficient (Wildman–Crippen LogP) is -2.87. The topological polar surface area (TPSA) is 157 Å². The van der Waals surface area contributed by atoms with Crippen LogP contribution in [-0.4, -0.2) is 36.6 Å². The molecule has 0 bridgehead atoms. The van der Waals surface area contributed by atoms with Crippen molar-refractivity contribution in [3.8, 4) is 0 Å². The summed E-state index contributed by atoms with van der Waals surface area (Å²) >= 11 is 0. The fraction of sp³-hybridized carbons (Fsp3) is 0.500. The fourth-order valence-electron chi connectivity index (χ4n) is 0.625. The number of amides is 1. The van der Waals surface area contributed by atoms with Crippen LogP contribution in [0, 0.1) is 5.41 Å². The van der Waals surface area contributed by atoms with Gasteiger partial charge in [-0.3, -0.25) is 10.2 Å². The molecule has 0 saturated carbocycles. The second kappa shape index (κ2) is 5.36. The second-order valence-corrected chi connectivity index (χ2v) is 2.34. The molecule has 1 amide bonds. The van der Waals surface area contributed by atoms with Crippen LogP contribution >= 0.6 is 0 Å². The lowest BCUT2D eigenvalue weighted by molar-refractivity contribution is -0.117. The lowest BCUT2D eigenvalue weighted by atomic mass is 10.2. The maximum Gasteiger partial charge on any atom is 0.240 e. The van der Waals surface area contributed by atoms with Gasteiger partial charge in [0.05, 0.1) is 12.3 Å². The average molecular weight is 186 g/mol. The van der Waals surface area contributed by atoms with Crippen molar-refractivity contribution in [3.63, 3.8) is 0 Å².